The highest BCUT2D eigenvalue weighted by Crippen LogP contribution is 2.21. The van der Waals surface area contributed by atoms with Gasteiger partial charge >= 0.3 is 0 Å². The van der Waals surface area contributed by atoms with E-state index >= 15 is 0 Å². The smallest absolute Gasteiger partial charge is 0.272 e. The molecule has 1 aromatic carbocycles. The molecule has 16 heavy (non-hydrogen) atoms. The number of nitrogens with zero attached hydrogens (tertiary/aromatic N) is 1. The summed E-state index contributed by atoms with van der Waals surface area (Å²) < 4.78 is 41.7. The number of oxime groups is 1. The van der Waals surface area contributed by atoms with Gasteiger partial charge in [0.2, 0.25) is 0 Å². The van der Waals surface area contributed by atoms with Crippen LogP contribution in [0.4, 0.5) is 13.2 Å². The fraction of sp³-hybridized carbons (Fsp3) is 0.222. The Morgan fingerprint density at radius 1 is 1.50 bits per heavy atom. The van der Waals surface area contributed by atoms with E-state index in [-0.39, 0.29) is 11.3 Å². The molecule has 1 aromatic rings. The van der Waals surface area contributed by atoms with Crippen molar-refractivity contribution in [1.29, 1.82) is 0 Å². The maximum absolute atomic E-state index is 13.3. The molecule has 3 N–H and O–H groups in total. The van der Waals surface area contributed by atoms with Gasteiger partial charge in [0.25, 0.3) is 6.43 Å². The topological polar surface area (TPSA) is 67.8 Å². The molecule has 0 aliphatic carbocycles. The van der Waals surface area contributed by atoms with Crippen molar-refractivity contribution >= 4 is 5.84 Å². The second kappa shape index (κ2) is 5.24. The Morgan fingerprint density at radius 2 is 2.19 bits per heavy atom. The van der Waals surface area contributed by atoms with Crippen LogP contribution < -0.4 is 10.5 Å². The van der Waals surface area contributed by atoms with Crippen molar-refractivity contribution in [2.24, 2.45) is 10.9 Å². The quantitative estimate of drug-likeness (QED) is 0.359. The van der Waals surface area contributed by atoms with E-state index in [1.807, 2.05) is 0 Å². The number of amidine groups is 1. The fourth-order valence-electron chi connectivity index (χ4n) is 1.08. The minimum absolute atomic E-state index is 0.199. The molecular weight excluding hydrogens is 225 g/mol. The third kappa shape index (κ3) is 2.78. The van der Waals surface area contributed by atoms with Gasteiger partial charge in [-0.15, -0.1) is 0 Å². The molecule has 88 valence electrons. The lowest BCUT2D eigenvalue weighted by atomic mass is 10.1. The maximum Gasteiger partial charge on any atom is 0.272 e. The van der Waals surface area contributed by atoms with Crippen LogP contribution in [0.5, 0.6) is 5.75 Å². The summed E-state index contributed by atoms with van der Waals surface area (Å²) in [5, 5.41) is 11.0. The average molecular weight is 234 g/mol. The van der Waals surface area contributed by atoms with Crippen molar-refractivity contribution in [2.75, 3.05) is 6.61 Å². The Kier molecular flexibility index (Phi) is 3.98. The van der Waals surface area contributed by atoms with Crippen molar-refractivity contribution in [3.8, 4) is 5.75 Å². The van der Waals surface area contributed by atoms with Crippen LogP contribution in [0.25, 0.3) is 0 Å². The summed E-state index contributed by atoms with van der Waals surface area (Å²) in [6.07, 6.45) is -2.69. The SMILES string of the molecule is N/C(=N/O)c1c(F)cccc1OCC(F)F. The molecule has 0 aliphatic heterocycles. The zero-order valence-corrected chi connectivity index (χ0v) is 8.03. The van der Waals surface area contributed by atoms with Gasteiger partial charge < -0.3 is 15.7 Å². The largest absolute Gasteiger partial charge is 0.487 e. The van der Waals surface area contributed by atoms with Crippen LogP contribution >= 0.6 is 0 Å². The summed E-state index contributed by atoms with van der Waals surface area (Å²) in [7, 11) is 0. The Bertz CT molecular complexity index is 396. The van der Waals surface area contributed by atoms with Crippen LogP contribution in [-0.2, 0) is 0 Å². The Hall–Kier alpha value is -1.92. The second-order valence-electron chi connectivity index (χ2n) is 2.80. The van der Waals surface area contributed by atoms with Gasteiger partial charge in [-0.1, -0.05) is 11.2 Å². The molecule has 0 radical (unpaired) electrons. The number of nitrogens with two attached hydrogens (primary N) is 1. The summed E-state index contributed by atoms with van der Waals surface area (Å²) in [5.74, 6) is -1.56. The van der Waals surface area contributed by atoms with Gasteiger partial charge in [0.05, 0.1) is 5.56 Å². The average Bonchev–Trinajstić information content (AvgIpc) is 2.25. The van der Waals surface area contributed by atoms with Crippen molar-refractivity contribution < 1.29 is 23.1 Å². The molecule has 0 atom stereocenters. The third-order valence-corrected chi connectivity index (χ3v) is 1.70. The number of alkyl halides is 2. The number of benzene rings is 1. The van der Waals surface area contributed by atoms with Gasteiger partial charge in [-0.3, -0.25) is 0 Å². The van der Waals surface area contributed by atoms with Gasteiger partial charge in [-0.25, -0.2) is 13.2 Å². The molecule has 0 heterocycles. The highest BCUT2D eigenvalue weighted by atomic mass is 19.3. The molecule has 0 aromatic heterocycles. The van der Waals surface area contributed by atoms with Gasteiger partial charge in [0.15, 0.2) is 5.84 Å². The van der Waals surface area contributed by atoms with Gasteiger partial charge in [-0.05, 0) is 12.1 Å². The van der Waals surface area contributed by atoms with Gasteiger partial charge in [-0.2, -0.15) is 0 Å². The molecular formula is C9H9F3N2O2. The van der Waals surface area contributed by atoms with Crippen molar-refractivity contribution in [3.63, 3.8) is 0 Å². The number of halogens is 3. The molecule has 0 spiro atoms. The van der Waals surface area contributed by atoms with Gasteiger partial charge in [0.1, 0.15) is 18.2 Å². The van der Waals surface area contributed by atoms with Crippen LogP contribution in [-0.4, -0.2) is 24.1 Å². The normalized spacial score (nSPS) is 11.9. The van der Waals surface area contributed by atoms with E-state index in [9.17, 15) is 13.2 Å². The molecule has 0 unspecified atom stereocenters. The minimum atomic E-state index is -2.69. The molecule has 1 rings (SSSR count). The summed E-state index contributed by atoms with van der Waals surface area (Å²) in [4.78, 5) is 0. The third-order valence-electron chi connectivity index (χ3n) is 1.70. The molecule has 0 saturated heterocycles. The van der Waals surface area contributed by atoms with E-state index in [1.165, 1.54) is 12.1 Å². The number of rotatable bonds is 4. The molecule has 4 nitrogen and oxygen atoms in total. The summed E-state index contributed by atoms with van der Waals surface area (Å²) >= 11 is 0. The van der Waals surface area contributed by atoms with Gasteiger partial charge in [0, 0.05) is 0 Å². The van der Waals surface area contributed by atoms with E-state index in [2.05, 4.69) is 9.89 Å². The molecule has 7 heteroatoms. The molecule has 0 fully saturated rings. The van der Waals surface area contributed by atoms with Crippen molar-refractivity contribution in [1.82, 2.24) is 0 Å². The number of hydrogen-bond acceptors (Lipinski definition) is 3. The first kappa shape index (κ1) is 12.2. The zero-order valence-electron chi connectivity index (χ0n) is 8.03. The molecule has 0 bridgehead atoms. The van der Waals surface area contributed by atoms with Crippen molar-refractivity contribution in [2.45, 2.75) is 6.43 Å². The van der Waals surface area contributed by atoms with Crippen LogP contribution in [0, 0.1) is 5.82 Å². The van der Waals surface area contributed by atoms with E-state index in [0.717, 1.165) is 6.07 Å². The Labute approximate surface area is 89.1 Å². The van der Waals surface area contributed by atoms with Crippen LogP contribution in [0.3, 0.4) is 0 Å². The molecule has 0 aliphatic rings. The zero-order chi connectivity index (χ0) is 12.1. The molecule has 0 saturated carbocycles. The predicted molar refractivity (Wildman–Crippen MR) is 50.4 cm³/mol. The minimum Gasteiger partial charge on any atom is -0.487 e. The standard InChI is InChI=1S/C9H9F3N2O2/c10-5-2-1-3-6(16-4-7(11)12)8(5)9(13)14-15/h1-3,7,15H,4H2,(H2,13,14). The fourth-order valence-corrected chi connectivity index (χ4v) is 1.08. The van der Waals surface area contributed by atoms with E-state index in [0.29, 0.717) is 0 Å². The summed E-state index contributed by atoms with van der Waals surface area (Å²) in [5.41, 5.74) is 4.85. The lowest BCUT2D eigenvalue weighted by Crippen LogP contribution is -2.18. The number of hydrogen-bond donors (Lipinski definition) is 2. The summed E-state index contributed by atoms with van der Waals surface area (Å²) in [6.45, 7) is -0.894. The Balaban J connectivity index is 3.03. The number of ether oxygens (including phenoxy) is 1. The monoisotopic (exact) mass is 234 g/mol. The van der Waals surface area contributed by atoms with Crippen LogP contribution in [0.1, 0.15) is 5.56 Å². The second-order valence-corrected chi connectivity index (χ2v) is 2.80. The highest BCUT2D eigenvalue weighted by Gasteiger charge is 2.15. The lowest BCUT2D eigenvalue weighted by Gasteiger charge is -2.10. The van der Waals surface area contributed by atoms with Crippen LogP contribution in [0.2, 0.25) is 0 Å². The Morgan fingerprint density at radius 3 is 2.75 bits per heavy atom. The first-order chi connectivity index (χ1) is 7.56. The van der Waals surface area contributed by atoms with E-state index in [1.54, 1.807) is 0 Å². The first-order valence-electron chi connectivity index (χ1n) is 4.23. The molecule has 0 amide bonds. The first-order valence-corrected chi connectivity index (χ1v) is 4.23. The van der Waals surface area contributed by atoms with Crippen LogP contribution in [0.15, 0.2) is 23.4 Å². The van der Waals surface area contributed by atoms with E-state index < -0.39 is 24.7 Å². The maximum atomic E-state index is 13.3. The predicted octanol–water partition coefficient (Wildman–Crippen LogP) is 1.56. The highest BCUT2D eigenvalue weighted by molar-refractivity contribution is 5.99. The van der Waals surface area contributed by atoms with E-state index in [4.69, 9.17) is 10.9 Å². The van der Waals surface area contributed by atoms with Crippen molar-refractivity contribution in [3.05, 3.63) is 29.6 Å². The lowest BCUT2D eigenvalue weighted by molar-refractivity contribution is 0.0816. The summed E-state index contributed by atoms with van der Waals surface area (Å²) in [6, 6.07) is 3.56.